The summed E-state index contributed by atoms with van der Waals surface area (Å²) in [7, 11) is 0. The molecule has 5 heteroatoms. The summed E-state index contributed by atoms with van der Waals surface area (Å²) >= 11 is 0. The van der Waals surface area contributed by atoms with Crippen molar-refractivity contribution < 1.29 is 14.7 Å². The number of carboxylic acid groups (broad SMARTS) is 1. The Morgan fingerprint density at radius 3 is 2.48 bits per heavy atom. The van der Waals surface area contributed by atoms with E-state index in [0.29, 0.717) is 16.5 Å². The molecule has 0 aliphatic carbocycles. The fourth-order valence-electron chi connectivity index (χ4n) is 2.15. The van der Waals surface area contributed by atoms with Crippen LogP contribution < -0.4 is 5.32 Å². The summed E-state index contributed by atoms with van der Waals surface area (Å²) in [6.07, 6.45) is 1.55. The number of nitrogens with one attached hydrogen (secondary N) is 1. The van der Waals surface area contributed by atoms with Gasteiger partial charge in [-0.1, -0.05) is 39.0 Å². The van der Waals surface area contributed by atoms with Crippen LogP contribution in [-0.2, 0) is 4.79 Å². The van der Waals surface area contributed by atoms with E-state index in [1.165, 1.54) is 0 Å². The number of carbonyl (C=O) groups is 2. The minimum absolute atomic E-state index is 0.407. The average molecular weight is 286 g/mol. The third-order valence-corrected chi connectivity index (χ3v) is 3.28. The number of benzene rings is 1. The second-order valence-electron chi connectivity index (χ2n) is 5.99. The van der Waals surface area contributed by atoms with Crippen LogP contribution in [0.5, 0.6) is 0 Å². The molecule has 110 valence electrons. The van der Waals surface area contributed by atoms with Crippen molar-refractivity contribution in [2.45, 2.75) is 26.8 Å². The first-order valence-corrected chi connectivity index (χ1v) is 6.68. The van der Waals surface area contributed by atoms with Crippen molar-refractivity contribution in [1.29, 1.82) is 0 Å². The number of amides is 1. The van der Waals surface area contributed by atoms with Crippen LogP contribution in [0.25, 0.3) is 10.9 Å². The van der Waals surface area contributed by atoms with E-state index in [4.69, 9.17) is 0 Å². The van der Waals surface area contributed by atoms with Crippen molar-refractivity contribution in [3.05, 3.63) is 42.1 Å². The van der Waals surface area contributed by atoms with Crippen molar-refractivity contribution >= 4 is 22.8 Å². The highest BCUT2D eigenvalue weighted by atomic mass is 16.4. The second-order valence-corrected chi connectivity index (χ2v) is 5.99. The Bertz CT molecular complexity index is 684. The summed E-state index contributed by atoms with van der Waals surface area (Å²) in [5.74, 6) is -1.45. The second kappa shape index (κ2) is 5.52. The van der Waals surface area contributed by atoms with Gasteiger partial charge in [-0.3, -0.25) is 9.78 Å². The van der Waals surface area contributed by atoms with Gasteiger partial charge in [0.1, 0.15) is 6.04 Å². The predicted molar refractivity (Wildman–Crippen MR) is 80.1 cm³/mol. The first kappa shape index (κ1) is 15.0. The van der Waals surface area contributed by atoms with Crippen molar-refractivity contribution in [1.82, 2.24) is 10.3 Å². The molecule has 0 aliphatic heterocycles. The molecule has 1 aromatic carbocycles. The molecule has 0 unspecified atom stereocenters. The minimum Gasteiger partial charge on any atom is -0.480 e. The van der Waals surface area contributed by atoms with Gasteiger partial charge < -0.3 is 10.4 Å². The number of hydrogen-bond acceptors (Lipinski definition) is 3. The van der Waals surface area contributed by atoms with Crippen LogP contribution >= 0.6 is 0 Å². The van der Waals surface area contributed by atoms with E-state index in [0.717, 1.165) is 0 Å². The summed E-state index contributed by atoms with van der Waals surface area (Å²) in [5, 5.41) is 12.6. The summed E-state index contributed by atoms with van der Waals surface area (Å²) in [6, 6.07) is 7.90. The number of para-hydroxylation sites is 1. The fraction of sp³-hybridized carbons (Fsp3) is 0.312. The van der Waals surface area contributed by atoms with E-state index in [1.807, 2.05) is 18.2 Å². The Balaban J connectivity index is 2.37. The van der Waals surface area contributed by atoms with E-state index < -0.39 is 23.3 Å². The van der Waals surface area contributed by atoms with Gasteiger partial charge in [0, 0.05) is 11.6 Å². The SMILES string of the molecule is CC(C)(C)[C@H](NC(=O)c1ccnc2ccccc12)C(=O)O. The zero-order chi connectivity index (χ0) is 15.6. The zero-order valence-corrected chi connectivity index (χ0v) is 12.3. The Morgan fingerprint density at radius 1 is 1.19 bits per heavy atom. The molecule has 2 N–H and O–H groups in total. The number of hydrogen-bond donors (Lipinski definition) is 2. The van der Waals surface area contributed by atoms with Gasteiger partial charge in [0.05, 0.1) is 11.1 Å². The highest BCUT2D eigenvalue weighted by Crippen LogP contribution is 2.21. The van der Waals surface area contributed by atoms with Crippen molar-refractivity contribution in [2.75, 3.05) is 0 Å². The molecule has 0 aliphatic rings. The molecule has 1 heterocycles. The lowest BCUT2D eigenvalue weighted by Gasteiger charge is -2.27. The molecule has 2 rings (SSSR count). The number of aromatic nitrogens is 1. The van der Waals surface area contributed by atoms with Gasteiger partial charge in [0.25, 0.3) is 5.91 Å². The number of fused-ring (bicyclic) bond motifs is 1. The third kappa shape index (κ3) is 3.18. The Morgan fingerprint density at radius 2 is 1.86 bits per heavy atom. The highest BCUT2D eigenvalue weighted by molar-refractivity contribution is 6.07. The molecule has 0 radical (unpaired) electrons. The normalized spacial score (nSPS) is 12.9. The van der Waals surface area contributed by atoms with Gasteiger partial charge in [0.2, 0.25) is 0 Å². The van der Waals surface area contributed by atoms with Crippen LogP contribution in [-0.4, -0.2) is 28.0 Å². The van der Waals surface area contributed by atoms with Crippen molar-refractivity contribution in [3.63, 3.8) is 0 Å². The summed E-state index contributed by atoms with van der Waals surface area (Å²) < 4.78 is 0. The number of nitrogens with zero attached hydrogens (tertiary/aromatic N) is 1. The lowest BCUT2D eigenvalue weighted by Crippen LogP contribution is -2.49. The third-order valence-electron chi connectivity index (χ3n) is 3.28. The number of aliphatic carboxylic acids is 1. The van der Waals surface area contributed by atoms with E-state index in [2.05, 4.69) is 10.3 Å². The topological polar surface area (TPSA) is 79.3 Å². The van der Waals surface area contributed by atoms with E-state index in [9.17, 15) is 14.7 Å². The molecule has 0 fully saturated rings. The van der Waals surface area contributed by atoms with E-state index in [1.54, 1.807) is 39.1 Å². The molecule has 0 saturated carbocycles. The molecule has 0 spiro atoms. The molecule has 0 bridgehead atoms. The Labute approximate surface area is 123 Å². The molecular formula is C16H18N2O3. The number of rotatable bonds is 3. The fourth-order valence-corrected chi connectivity index (χ4v) is 2.15. The molecule has 2 aromatic rings. The van der Waals surface area contributed by atoms with Crippen LogP contribution in [0.1, 0.15) is 31.1 Å². The molecule has 5 nitrogen and oxygen atoms in total. The van der Waals surface area contributed by atoms with Gasteiger partial charge in [-0.25, -0.2) is 4.79 Å². The van der Waals surface area contributed by atoms with Crippen LogP contribution in [0.2, 0.25) is 0 Å². The summed E-state index contributed by atoms with van der Waals surface area (Å²) in [4.78, 5) is 28.0. The lowest BCUT2D eigenvalue weighted by molar-refractivity contribution is -0.142. The molecule has 1 atom stereocenters. The quantitative estimate of drug-likeness (QED) is 0.908. The maximum atomic E-state index is 12.4. The van der Waals surface area contributed by atoms with Gasteiger partial charge in [0.15, 0.2) is 0 Å². The maximum absolute atomic E-state index is 12.4. The molecule has 1 amide bonds. The molecule has 21 heavy (non-hydrogen) atoms. The highest BCUT2D eigenvalue weighted by Gasteiger charge is 2.33. The van der Waals surface area contributed by atoms with Crippen LogP contribution in [0.4, 0.5) is 0 Å². The lowest BCUT2D eigenvalue weighted by atomic mass is 9.86. The standard InChI is InChI=1S/C16H18N2O3/c1-16(2,3)13(15(20)21)18-14(19)11-8-9-17-12-7-5-4-6-10(11)12/h4-9,13H,1-3H3,(H,18,19)(H,20,21)/t13-/m1/s1. The minimum atomic E-state index is -1.05. The predicted octanol–water partition coefficient (Wildman–Crippen LogP) is 2.46. The van der Waals surface area contributed by atoms with Crippen LogP contribution in [0.15, 0.2) is 36.5 Å². The zero-order valence-electron chi connectivity index (χ0n) is 12.3. The summed E-state index contributed by atoms with van der Waals surface area (Å²) in [5.41, 5.74) is 0.550. The van der Waals surface area contributed by atoms with Crippen molar-refractivity contribution in [2.24, 2.45) is 5.41 Å². The molecular weight excluding hydrogens is 268 g/mol. The smallest absolute Gasteiger partial charge is 0.326 e. The van der Waals surface area contributed by atoms with Gasteiger partial charge >= 0.3 is 5.97 Å². The number of pyridine rings is 1. The first-order valence-electron chi connectivity index (χ1n) is 6.68. The van der Waals surface area contributed by atoms with Crippen LogP contribution in [0.3, 0.4) is 0 Å². The van der Waals surface area contributed by atoms with Gasteiger partial charge in [-0.2, -0.15) is 0 Å². The van der Waals surface area contributed by atoms with E-state index in [-0.39, 0.29) is 0 Å². The van der Waals surface area contributed by atoms with Crippen LogP contribution in [0, 0.1) is 5.41 Å². The number of carboxylic acids is 1. The largest absolute Gasteiger partial charge is 0.480 e. The van der Waals surface area contributed by atoms with Gasteiger partial charge in [-0.05, 0) is 17.5 Å². The van der Waals surface area contributed by atoms with Gasteiger partial charge in [-0.15, -0.1) is 0 Å². The summed E-state index contributed by atoms with van der Waals surface area (Å²) in [6.45, 7) is 5.32. The average Bonchev–Trinajstić information content (AvgIpc) is 2.42. The monoisotopic (exact) mass is 286 g/mol. The Kier molecular flexibility index (Phi) is 3.93. The van der Waals surface area contributed by atoms with E-state index >= 15 is 0 Å². The number of carbonyl (C=O) groups excluding carboxylic acids is 1. The Hall–Kier alpha value is -2.43. The molecule has 1 aromatic heterocycles. The maximum Gasteiger partial charge on any atom is 0.326 e. The first-order chi connectivity index (χ1) is 9.80. The van der Waals surface area contributed by atoms with Crippen molar-refractivity contribution in [3.8, 4) is 0 Å². The molecule has 0 saturated heterocycles.